The van der Waals surface area contributed by atoms with Gasteiger partial charge in [-0.2, -0.15) is 0 Å². The van der Waals surface area contributed by atoms with Crippen molar-refractivity contribution in [1.29, 1.82) is 0 Å². The number of rotatable bonds is 5. The Hall–Kier alpha value is -2.41. The maximum absolute atomic E-state index is 13.0. The number of carbonyl (C=O) groups is 1. The van der Waals surface area contributed by atoms with Crippen LogP contribution in [0.3, 0.4) is 0 Å². The molecule has 1 atom stereocenters. The van der Waals surface area contributed by atoms with Crippen molar-refractivity contribution in [2.75, 3.05) is 23.7 Å². The molecule has 1 aliphatic rings. The molecule has 0 aliphatic carbocycles. The van der Waals surface area contributed by atoms with Crippen LogP contribution in [0.4, 0.5) is 15.9 Å². The molecule has 2 N–H and O–H groups in total. The minimum absolute atomic E-state index is 0.0850. The number of hydrogen-bond donors (Lipinski definition) is 2. The zero-order chi connectivity index (χ0) is 17.8. The second kappa shape index (κ2) is 7.65. The molecule has 1 aromatic carbocycles. The molecule has 7 heteroatoms. The summed E-state index contributed by atoms with van der Waals surface area (Å²) in [7, 11) is 0. The van der Waals surface area contributed by atoms with Crippen molar-refractivity contribution in [3.8, 4) is 0 Å². The van der Waals surface area contributed by atoms with Gasteiger partial charge in [-0.3, -0.25) is 9.69 Å². The summed E-state index contributed by atoms with van der Waals surface area (Å²) in [5.41, 5.74) is 0.923. The second-order valence-corrected chi connectivity index (χ2v) is 6.45. The molecule has 1 fully saturated rings. The van der Waals surface area contributed by atoms with Gasteiger partial charge < -0.3 is 15.2 Å². The van der Waals surface area contributed by atoms with Gasteiger partial charge in [0.1, 0.15) is 11.6 Å². The fourth-order valence-electron chi connectivity index (χ4n) is 3.03. The SMILES string of the molecule is Cc1cc(NC(=O)[C@H](C)N2CCC(Nc3ccc(F)cc3)CC2)no1. The molecule has 6 nitrogen and oxygen atoms in total. The van der Waals surface area contributed by atoms with Gasteiger partial charge in [0.25, 0.3) is 0 Å². The number of carbonyl (C=O) groups excluding carboxylic acids is 1. The minimum Gasteiger partial charge on any atom is -0.382 e. The molecule has 0 saturated carbocycles. The molecular formula is C18H23FN4O2. The van der Waals surface area contributed by atoms with Gasteiger partial charge in [0, 0.05) is 30.9 Å². The highest BCUT2D eigenvalue weighted by atomic mass is 19.1. The first-order chi connectivity index (χ1) is 12.0. The van der Waals surface area contributed by atoms with E-state index in [1.54, 1.807) is 25.1 Å². The van der Waals surface area contributed by atoms with E-state index in [0.717, 1.165) is 31.6 Å². The minimum atomic E-state index is -0.234. The lowest BCUT2D eigenvalue weighted by Gasteiger charge is -2.35. The summed E-state index contributed by atoms with van der Waals surface area (Å²) in [6.45, 7) is 5.33. The van der Waals surface area contributed by atoms with Crippen molar-refractivity contribution in [3.63, 3.8) is 0 Å². The van der Waals surface area contributed by atoms with Crippen LogP contribution in [0.5, 0.6) is 0 Å². The summed E-state index contributed by atoms with van der Waals surface area (Å²) < 4.78 is 17.9. The van der Waals surface area contributed by atoms with Gasteiger partial charge in [-0.1, -0.05) is 5.16 Å². The number of aromatic nitrogens is 1. The quantitative estimate of drug-likeness (QED) is 0.871. The van der Waals surface area contributed by atoms with Gasteiger partial charge >= 0.3 is 0 Å². The van der Waals surface area contributed by atoms with E-state index in [4.69, 9.17) is 4.52 Å². The molecule has 0 radical (unpaired) electrons. The maximum Gasteiger partial charge on any atom is 0.242 e. The normalized spacial score (nSPS) is 17.2. The molecule has 1 aliphatic heterocycles. The molecule has 2 aromatic rings. The van der Waals surface area contributed by atoms with Crippen LogP contribution in [-0.2, 0) is 4.79 Å². The van der Waals surface area contributed by atoms with Crippen LogP contribution in [0.15, 0.2) is 34.9 Å². The van der Waals surface area contributed by atoms with Gasteiger partial charge in [-0.05, 0) is 51.0 Å². The van der Waals surface area contributed by atoms with Crippen molar-refractivity contribution in [2.45, 2.75) is 38.8 Å². The zero-order valence-electron chi connectivity index (χ0n) is 14.5. The number of piperidine rings is 1. The third-order valence-electron chi connectivity index (χ3n) is 4.55. The molecule has 0 spiro atoms. The fourth-order valence-corrected chi connectivity index (χ4v) is 3.03. The highest BCUT2D eigenvalue weighted by Gasteiger charge is 2.27. The molecule has 1 amide bonds. The predicted molar refractivity (Wildman–Crippen MR) is 93.9 cm³/mol. The number of aryl methyl sites for hydroxylation is 1. The summed E-state index contributed by atoms with van der Waals surface area (Å²) >= 11 is 0. The Morgan fingerprint density at radius 2 is 2.00 bits per heavy atom. The lowest BCUT2D eigenvalue weighted by Crippen LogP contribution is -2.48. The van der Waals surface area contributed by atoms with Crippen LogP contribution >= 0.6 is 0 Å². The second-order valence-electron chi connectivity index (χ2n) is 6.45. The number of benzene rings is 1. The first kappa shape index (κ1) is 17.4. The van der Waals surface area contributed by atoms with E-state index in [-0.39, 0.29) is 17.8 Å². The highest BCUT2D eigenvalue weighted by Crippen LogP contribution is 2.19. The molecule has 3 rings (SSSR count). The number of amides is 1. The number of nitrogens with zero attached hydrogens (tertiary/aromatic N) is 2. The van der Waals surface area contributed by atoms with Gasteiger partial charge in [-0.25, -0.2) is 4.39 Å². The van der Waals surface area contributed by atoms with Crippen LogP contribution in [0.2, 0.25) is 0 Å². The lowest BCUT2D eigenvalue weighted by molar-refractivity contribution is -0.121. The molecule has 1 saturated heterocycles. The highest BCUT2D eigenvalue weighted by molar-refractivity contribution is 5.93. The third-order valence-corrected chi connectivity index (χ3v) is 4.55. The first-order valence-electron chi connectivity index (χ1n) is 8.51. The third kappa shape index (κ3) is 4.57. The fraction of sp³-hybridized carbons (Fsp3) is 0.444. The van der Waals surface area contributed by atoms with E-state index in [1.807, 2.05) is 6.92 Å². The Morgan fingerprint density at radius 1 is 1.32 bits per heavy atom. The van der Waals surface area contributed by atoms with Gasteiger partial charge in [0.2, 0.25) is 5.91 Å². The largest absolute Gasteiger partial charge is 0.382 e. The molecule has 1 aromatic heterocycles. The van der Waals surface area contributed by atoms with Crippen LogP contribution < -0.4 is 10.6 Å². The van der Waals surface area contributed by atoms with Crippen molar-refractivity contribution >= 4 is 17.4 Å². The first-order valence-corrected chi connectivity index (χ1v) is 8.51. The lowest BCUT2D eigenvalue weighted by atomic mass is 10.0. The summed E-state index contributed by atoms with van der Waals surface area (Å²) in [4.78, 5) is 14.5. The van der Waals surface area contributed by atoms with Crippen molar-refractivity contribution in [3.05, 3.63) is 41.9 Å². The topological polar surface area (TPSA) is 70.4 Å². The van der Waals surface area contributed by atoms with Crippen LogP contribution in [0, 0.1) is 12.7 Å². The summed E-state index contributed by atoms with van der Waals surface area (Å²) in [5, 5.41) is 9.99. The maximum atomic E-state index is 13.0. The van der Waals surface area contributed by atoms with E-state index in [9.17, 15) is 9.18 Å². The van der Waals surface area contributed by atoms with E-state index in [2.05, 4.69) is 20.7 Å². The zero-order valence-corrected chi connectivity index (χ0v) is 14.5. The van der Waals surface area contributed by atoms with Gasteiger partial charge in [-0.15, -0.1) is 0 Å². The molecule has 2 heterocycles. The van der Waals surface area contributed by atoms with Gasteiger partial charge in [0.05, 0.1) is 6.04 Å². The molecule has 0 unspecified atom stereocenters. The van der Waals surface area contributed by atoms with Crippen molar-refractivity contribution in [1.82, 2.24) is 10.1 Å². The number of nitrogens with one attached hydrogen (secondary N) is 2. The van der Waals surface area contributed by atoms with E-state index in [0.29, 0.717) is 17.6 Å². The van der Waals surface area contributed by atoms with Gasteiger partial charge in [0.15, 0.2) is 5.82 Å². The number of halogens is 1. The molecule has 25 heavy (non-hydrogen) atoms. The Kier molecular flexibility index (Phi) is 5.33. The number of anilines is 2. The van der Waals surface area contributed by atoms with E-state index < -0.39 is 0 Å². The predicted octanol–water partition coefficient (Wildman–Crippen LogP) is 3.03. The average molecular weight is 346 g/mol. The summed E-state index contributed by atoms with van der Waals surface area (Å²) in [6.07, 6.45) is 1.86. The number of likely N-dealkylation sites (tertiary alicyclic amines) is 1. The molecule has 134 valence electrons. The Balaban J connectivity index is 1.47. The van der Waals surface area contributed by atoms with Crippen LogP contribution in [0.25, 0.3) is 0 Å². The Morgan fingerprint density at radius 3 is 2.60 bits per heavy atom. The standard InChI is InChI=1S/C18H23FN4O2/c1-12-11-17(22-25-12)21-18(24)13(2)23-9-7-16(8-10-23)20-15-5-3-14(19)4-6-15/h3-6,11,13,16,20H,7-10H2,1-2H3,(H,21,22,24)/t13-/m0/s1. The Labute approximate surface area is 146 Å². The molecule has 0 bridgehead atoms. The number of hydrogen-bond acceptors (Lipinski definition) is 5. The molecular weight excluding hydrogens is 323 g/mol. The van der Waals surface area contributed by atoms with E-state index >= 15 is 0 Å². The smallest absolute Gasteiger partial charge is 0.242 e. The van der Waals surface area contributed by atoms with E-state index in [1.165, 1.54) is 12.1 Å². The van der Waals surface area contributed by atoms with Crippen molar-refractivity contribution in [2.24, 2.45) is 0 Å². The van der Waals surface area contributed by atoms with Crippen molar-refractivity contribution < 1.29 is 13.7 Å². The van der Waals surface area contributed by atoms with Crippen LogP contribution in [0.1, 0.15) is 25.5 Å². The average Bonchev–Trinajstić information content (AvgIpc) is 3.02. The Bertz CT molecular complexity index is 708. The summed E-state index contributed by atoms with van der Waals surface area (Å²) in [6, 6.07) is 8.20. The van der Waals surface area contributed by atoms with Crippen LogP contribution in [-0.4, -0.2) is 41.1 Å². The summed E-state index contributed by atoms with van der Waals surface area (Å²) in [5.74, 6) is 0.790. The monoisotopic (exact) mass is 346 g/mol.